The van der Waals surface area contributed by atoms with Crippen molar-refractivity contribution in [2.75, 3.05) is 19.6 Å². The first kappa shape index (κ1) is 19.9. The summed E-state index contributed by atoms with van der Waals surface area (Å²) in [6.07, 6.45) is 4.40. The van der Waals surface area contributed by atoms with E-state index in [2.05, 4.69) is 62.9 Å². The Balaban J connectivity index is 1.54. The van der Waals surface area contributed by atoms with Crippen LogP contribution in [0.4, 0.5) is 0 Å². The maximum absolute atomic E-state index is 5.24. The predicted molar refractivity (Wildman–Crippen MR) is 113 cm³/mol. The predicted octanol–water partition coefficient (Wildman–Crippen LogP) is 4.27. The van der Waals surface area contributed by atoms with Crippen LogP contribution >= 0.6 is 15.9 Å². The molecule has 1 aromatic carbocycles. The van der Waals surface area contributed by atoms with Crippen molar-refractivity contribution in [3.63, 3.8) is 0 Å². The topological polar surface area (TPSA) is 62.5 Å². The fraction of sp³-hybridized carbons (Fsp3) is 0.524. The number of nitrogens with zero attached hydrogens (tertiary/aromatic N) is 2. The second-order valence-corrected chi connectivity index (χ2v) is 8.23. The van der Waals surface area contributed by atoms with Gasteiger partial charge >= 0.3 is 0 Å². The first-order valence-corrected chi connectivity index (χ1v) is 10.5. The van der Waals surface area contributed by atoms with Crippen molar-refractivity contribution in [1.29, 1.82) is 0 Å². The number of nitrogens with one attached hydrogen (secondary N) is 2. The molecule has 3 rings (SSSR count). The van der Waals surface area contributed by atoms with Crippen LogP contribution in [-0.2, 0) is 11.8 Å². The van der Waals surface area contributed by atoms with Gasteiger partial charge in [-0.15, -0.1) is 0 Å². The van der Waals surface area contributed by atoms with Crippen molar-refractivity contribution in [3.8, 4) is 0 Å². The van der Waals surface area contributed by atoms with Crippen LogP contribution in [0.25, 0.3) is 0 Å². The SMILES string of the molecule is CCNC(=NCC1(c2cccc(Br)c2)CC1)NCCCc1c(C)noc1C. The van der Waals surface area contributed by atoms with E-state index < -0.39 is 0 Å². The van der Waals surface area contributed by atoms with E-state index in [-0.39, 0.29) is 5.41 Å². The van der Waals surface area contributed by atoms with Gasteiger partial charge in [-0.05, 0) is 64.2 Å². The average molecular weight is 433 g/mol. The zero-order valence-corrected chi connectivity index (χ0v) is 18.0. The first-order valence-electron chi connectivity index (χ1n) is 9.74. The van der Waals surface area contributed by atoms with Crippen molar-refractivity contribution in [1.82, 2.24) is 15.8 Å². The van der Waals surface area contributed by atoms with E-state index in [9.17, 15) is 0 Å². The number of aryl methyl sites for hydroxylation is 2. The third-order valence-corrected chi connectivity index (χ3v) is 5.75. The highest BCUT2D eigenvalue weighted by atomic mass is 79.9. The standard InChI is InChI=1S/C21H29BrN4O/c1-4-23-20(24-12-6-9-19-15(2)26-27-16(19)3)25-14-21(10-11-21)17-7-5-8-18(22)13-17/h5,7-8,13H,4,6,9-12,14H2,1-3H3,(H2,23,24,25). The van der Waals surface area contributed by atoms with E-state index >= 15 is 0 Å². The maximum atomic E-state index is 5.24. The molecule has 2 aromatic rings. The van der Waals surface area contributed by atoms with Crippen LogP contribution in [0.5, 0.6) is 0 Å². The van der Waals surface area contributed by atoms with E-state index in [0.29, 0.717) is 0 Å². The normalized spacial score (nSPS) is 15.6. The van der Waals surface area contributed by atoms with Crippen LogP contribution < -0.4 is 10.6 Å². The van der Waals surface area contributed by atoms with Crippen LogP contribution in [0.15, 0.2) is 38.3 Å². The summed E-state index contributed by atoms with van der Waals surface area (Å²) in [6.45, 7) is 8.64. The smallest absolute Gasteiger partial charge is 0.191 e. The molecule has 6 heteroatoms. The molecular formula is C21H29BrN4O. The molecule has 0 aliphatic heterocycles. The summed E-state index contributed by atoms with van der Waals surface area (Å²) in [5.74, 6) is 1.83. The quantitative estimate of drug-likeness (QED) is 0.371. The highest BCUT2D eigenvalue weighted by Crippen LogP contribution is 2.48. The number of benzene rings is 1. The first-order chi connectivity index (χ1) is 13.0. The van der Waals surface area contributed by atoms with Gasteiger partial charge in [-0.1, -0.05) is 33.2 Å². The van der Waals surface area contributed by atoms with Gasteiger partial charge in [-0.25, -0.2) is 0 Å². The fourth-order valence-corrected chi connectivity index (χ4v) is 3.81. The van der Waals surface area contributed by atoms with Crippen molar-refractivity contribution in [2.24, 2.45) is 4.99 Å². The van der Waals surface area contributed by atoms with Crippen molar-refractivity contribution < 1.29 is 4.52 Å². The van der Waals surface area contributed by atoms with Crippen molar-refractivity contribution in [2.45, 2.75) is 51.9 Å². The summed E-state index contributed by atoms with van der Waals surface area (Å²) in [6, 6.07) is 8.64. The summed E-state index contributed by atoms with van der Waals surface area (Å²) < 4.78 is 6.37. The lowest BCUT2D eigenvalue weighted by Crippen LogP contribution is -2.38. The molecule has 1 saturated carbocycles. The summed E-state index contributed by atoms with van der Waals surface area (Å²) in [5, 5.41) is 10.8. The van der Waals surface area contributed by atoms with E-state index in [4.69, 9.17) is 9.52 Å². The second-order valence-electron chi connectivity index (χ2n) is 7.32. The summed E-state index contributed by atoms with van der Waals surface area (Å²) in [4.78, 5) is 4.87. The Morgan fingerprint density at radius 1 is 1.30 bits per heavy atom. The molecular weight excluding hydrogens is 404 g/mol. The molecule has 1 aliphatic carbocycles. The fourth-order valence-electron chi connectivity index (χ4n) is 3.41. The Labute approximate surface area is 170 Å². The second kappa shape index (κ2) is 8.91. The molecule has 0 radical (unpaired) electrons. The van der Waals surface area contributed by atoms with Gasteiger partial charge in [0.15, 0.2) is 5.96 Å². The lowest BCUT2D eigenvalue weighted by molar-refractivity contribution is 0.392. The molecule has 5 nitrogen and oxygen atoms in total. The minimum Gasteiger partial charge on any atom is -0.361 e. The van der Waals surface area contributed by atoms with Gasteiger partial charge in [0.1, 0.15) is 5.76 Å². The Hall–Kier alpha value is -1.82. The maximum Gasteiger partial charge on any atom is 0.191 e. The van der Waals surface area contributed by atoms with Crippen molar-refractivity contribution >= 4 is 21.9 Å². The van der Waals surface area contributed by atoms with E-state index in [1.807, 2.05) is 13.8 Å². The molecule has 146 valence electrons. The Bertz CT molecular complexity index is 776. The van der Waals surface area contributed by atoms with Crippen LogP contribution in [0.2, 0.25) is 0 Å². The van der Waals surface area contributed by atoms with Crippen LogP contribution in [-0.4, -0.2) is 30.8 Å². The minimum atomic E-state index is 0.211. The van der Waals surface area contributed by atoms with Gasteiger partial charge in [0.25, 0.3) is 0 Å². The number of hydrogen-bond donors (Lipinski definition) is 2. The molecule has 1 aliphatic rings. The zero-order chi connectivity index (χ0) is 19.3. The van der Waals surface area contributed by atoms with Gasteiger partial charge in [-0.3, -0.25) is 4.99 Å². The van der Waals surface area contributed by atoms with Gasteiger partial charge < -0.3 is 15.2 Å². The minimum absolute atomic E-state index is 0.211. The number of guanidine groups is 1. The number of halogens is 1. The Kier molecular flexibility index (Phi) is 6.58. The van der Waals surface area contributed by atoms with E-state index in [1.54, 1.807) is 0 Å². The molecule has 27 heavy (non-hydrogen) atoms. The van der Waals surface area contributed by atoms with E-state index in [1.165, 1.54) is 24.0 Å². The third-order valence-electron chi connectivity index (χ3n) is 5.25. The highest BCUT2D eigenvalue weighted by molar-refractivity contribution is 9.10. The summed E-state index contributed by atoms with van der Waals surface area (Å²) in [5.41, 5.74) is 3.82. The summed E-state index contributed by atoms with van der Waals surface area (Å²) in [7, 11) is 0. The van der Waals surface area contributed by atoms with Crippen LogP contribution in [0.1, 0.15) is 48.8 Å². The number of aromatic nitrogens is 1. The number of hydrogen-bond acceptors (Lipinski definition) is 3. The molecule has 0 unspecified atom stereocenters. The molecule has 2 N–H and O–H groups in total. The third kappa shape index (κ3) is 5.12. The summed E-state index contributed by atoms with van der Waals surface area (Å²) >= 11 is 3.58. The van der Waals surface area contributed by atoms with Gasteiger partial charge in [0.05, 0.1) is 12.2 Å². The molecule has 1 aromatic heterocycles. The highest BCUT2D eigenvalue weighted by Gasteiger charge is 2.44. The van der Waals surface area contributed by atoms with Gasteiger partial charge in [0.2, 0.25) is 0 Å². The molecule has 1 fully saturated rings. The largest absolute Gasteiger partial charge is 0.361 e. The lowest BCUT2D eigenvalue weighted by Gasteiger charge is -2.16. The number of aliphatic imine (C=N–C) groups is 1. The Morgan fingerprint density at radius 2 is 2.11 bits per heavy atom. The lowest BCUT2D eigenvalue weighted by atomic mass is 9.96. The van der Waals surface area contributed by atoms with Crippen molar-refractivity contribution in [3.05, 3.63) is 51.3 Å². The van der Waals surface area contributed by atoms with Gasteiger partial charge in [-0.2, -0.15) is 0 Å². The van der Waals surface area contributed by atoms with Crippen LogP contribution in [0.3, 0.4) is 0 Å². The van der Waals surface area contributed by atoms with Gasteiger partial charge in [0, 0.05) is 28.5 Å². The number of rotatable bonds is 8. The molecule has 0 bridgehead atoms. The molecule has 0 atom stereocenters. The monoisotopic (exact) mass is 432 g/mol. The molecule has 0 saturated heterocycles. The zero-order valence-electron chi connectivity index (χ0n) is 16.4. The van der Waals surface area contributed by atoms with Crippen LogP contribution in [0, 0.1) is 13.8 Å². The average Bonchev–Trinajstić information content (AvgIpc) is 3.38. The molecule has 0 spiro atoms. The molecule has 1 heterocycles. The van der Waals surface area contributed by atoms with E-state index in [0.717, 1.165) is 54.4 Å². The Morgan fingerprint density at radius 3 is 2.74 bits per heavy atom. The molecule has 0 amide bonds.